The molecule has 2 N–H and O–H groups in total. The fraction of sp³-hybridized carbons (Fsp3) is 0.143. The van der Waals surface area contributed by atoms with Gasteiger partial charge in [-0.3, -0.25) is 0 Å². The molecule has 0 aliphatic rings. The highest BCUT2D eigenvalue weighted by atomic mass is 32.2. The van der Waals surface area contributed by atoms with E-state index in [2.05, 4.69) is 0 Å². The largest absolute Gasteiger partial charge is 0.456 e. The number of rotatable bonds is 3. The number of hydrogen-bond donors (Lipinski definition) is 1. The summed E-state index contributed by atoms with van der Waals surface area (Å²) in [5, 5.41) is 0. The lowest BCUT2D eigenvalue weighted by Gasteiger charge is -2.10. The quantitative estimate of drug-likeness (QED) is 0.653. The van der Waals surface area contributed by atoms with E-state index < -0.39 is 0 Å². The van der Waals surface area contributed by atoms with Crippen molar-refractivity contribution in [1.29, 1.82) is 0 Å². The van der Waals surface area contributed by atoms with Gasteiger partial charge in [-0.05, 0) is 43.0 Å². The van der Waals surface area contributed by atoms with Crippen LogP contribution in [0.5, 0.6) is 11.5 Å². The first-order valence-corrected chi connectivity index (χ1v) is 6.59. The Kier molecular flexibility index (Phi) is 3.59. The molecule has 0 bridgehead atoms. The maximum atomic E-state index is 5.86. The minimum atomic E-state index is 0.724. The molecule has 2 nitrogen and oxygen atoms in total. The summed E-state index contributed by atoms with van der Waals surface area (Å²) in [6, 6.07) is 13.7. The summed E-state index contributed by atoms with van der Waals surface area (Å²) < 4.78 is 5.86. The number of nitrogen functional groups attached to an aromatic ring is 1. The number of benzene rings is 2. The van der Waals surface area contributed by atoms with Gasteiger partial charge in [-0.25, -0.2) is 0 Å². The summed E-state index contributed by atoms with van der Waals surface area (Å²) in [7, 11) is 0. The van der Waals surface area contributed by atoms with E-state index >= 15 is 0 Å². The minimum Gasteiger partial charge on any atom is -0.456 e. The Balaban J connectivity index is 2.31. The van der Waals surface area contributed by atoms with Crippen molar-refractivity contribution in [3.05, 3.63) is 48.0 Å². The molecule has 0 radical (unpaired) electrons. The molecule has 0 aromatic heterocycles. The van der Waals surface area contributed by atoms with Crippen molar-refractivity contribution >= 4 is 17.4 Å². The van der Waals surface area contributed by atoms with Gasteiger partial charge >= 0.3 is 0 Å². The molecule has 0 atom stereocenters. The molecule has 17 heavy (non-hydrogen) atoms. The monoisotopic (exact) mass is 245 g/mol. The topological polar surface area (TPSA) is 35.2 Å². The lowest BCUT2D eigenvalue weighted by atomic mass is 10.2. The molecule has 0 fully saturated rings. The number of ether oxygens (including phenoxy) is 1. The lowest BCUT2D eigenvalue weighted by Crippen LogP contribution is -1.90. The zero-order valence-corrected chi connectivity index (χ0v) is 10.8. The molecule has 0 spiro atoms. The Bertz CT molecular complexity index is 505. The zero-order chi connectivity index (χ0) is 12.3. The number of anilines is 1. The van der Waals surface area contributed by atoms with Gasteiger partial charge in [-0.2, -0.15) is 0 Å². The molecule has 0 heterocycles. The first-order chi connectivity index (χ1) is 8.19. The van der Waals surface area contributed by atoms with Crippen molar-refractivity contribution in [2.24, 2.45) is 0 Å². The van der Waals surface area contributed by atoms with Gasteiger partial charge in [0.25, 0.3) is 0 Å². The van der Waals surface area contributed by atoms with Gasteiger partial charge in [0.1, 0.15) is 11.5 Å². The van der Waals surface area contributed by atoms with Gasteiger partial charge in [0.05, 0.1) is 0 Å². The summed E-state index contributed by atoms with van der Waals surface area (Å²) in [5.41, 5.74) is 7.62. The van der Waals surface area contributed by atoms with E-state index in [0.717, 1.165) is 27.6 Å². The number of para-hydroxylation sites is 1. The first-order valence-electron chi connectivity index (χ1n) is 5.37. The molecular formula is C14H15NOS. The Morgan fingerprint density at radius 2 is 1.88 bits per heavy atom. The van der Waals surface area contributed by atoms with Gasteiger partial charge in [-0.1, -0.05) is 12.1 Å². The van der Waals surface area contributed by atoms with Crippen LogP contribution in [0.1, 0.15) is 5.56 Å². The fourth-order valence-electron chi connectivity index (χ4n) is 1.67. The van der Waals surface area contributed by atoms with Gasteiger partial charge < -0.3 is 10.5 Å². The second-order valence-corrected chi connectivity index (χ2v) is 4.68. The van der Waals surface area contributed by atoms with Crippen molar-refractivity contribution < 1.29 is 4.74 Å². The molecule has 88 valence electrons. The maximum Gasteiger partial charge on any atom is 0.140 e. The number of aryl methyl sites for hydroxylation is 1. The molecule has 0 saturated heterocycles. The summed E-state index contributed by atoms with van der Waals surface area (Å²) in [4.78, 5) is 1.12. The Hall–Kier alpha value is -1.61. The molecule has 2 aromatic carbocycles. The van der Waals surface area contributed by atoms with Crippen LogP contribution in [0.25, 0.3) is 0 Å². The SMILES string of the molecule is CSc1ccccc1Oc1cc(C)cc(N)c1. The smallest absolute Gasteiger partial charge is 0.140 e. The number of hydrogen-bond acceptors (Lipinski definition) is 3. The van der Waals surface area contributed by atoms with Crippen LogP contribution in [0.3, 0.4) is 0 Å². The molecule has 0 saturated carbocycles. The summed E-state index contributed by atoms with van der Waals surface area (Å²) in [6.45, 7) is 2.00. The predicted molar refractivity (Wildman–Crippen MR) is 73.9 cm³/mol. The maximum absolute atomic E-state index is 5.86. The first kappa shape index (κ1) is 11.9. The van der Waals surface area contributed by atoms with Crippen LogP contribution in [0.4, 0.5) is 5.69 Å². The van der Waals surface area contributed by atoms with Crippen LogP contribution in [0.15, 0.2) is 47.4 Å². The van der Waals surface area contributed by atoms with Gasteiger partial charge in [-0.15, -0.1) is 11.8 Å². The highest BCUT2D eigenvalue weighted by Gasteiger charge is 2.04. The third-order valence-electron chi connectivity index (χ3n) is 2.37. The van der Waals surface area contributed by atoms with Crippen molar-refractivity contribution in [3.8, 4) is 11.5 Å². The van der Waals surface area contributed by atoms with E-state index in [1.54, 1.807) is 11.8 Å². The second kappa shape index (κ2) is 5.15. The summed E-state index contributed by atoms with van der Waals surface area (Å²) >= 11 is 1.67. The highest BCUT2D eigenvalue weighted by molar-refractivity contribution is 7.98. The number of nitrogens with two attached hydrogens (primary N) is 1. The minimum absolute atomic E-state index is 0.724. The van der Waals surface area contributed by atoms with Crippen molar-refractivity contribution in [1.82, 2.24) is 0 Å². The van der Waals surface area contributed by atoms with Crippen LogP contribution in [0, 0.1) is 6.92 Å². The van der Waals surface area contributed by atoms with Crippen LogP contribution < -0.4 is 10.5 Å². The summed E-state index contributed by atoms with van der Waals surface area (Å²) in [5.74, 6) is 1.65. The van der Waals surface area contributed by atoms with Crippen molar-refractivity contribution in [3.63, 3.8) is 0 Å². The molecule has 0 aliphatic heterocycles. The van der Waals surface area contributed by atoms with Crippen LogP contribution in [-0.2, 0) is 0 Å². The zero-order valence-electron chi connectivity index (χ0n) is 9.94. The van der Waals surface area contributed by atoms with Crippen LogP contribution >= 0.6 is 11.8 Å². The summed E-state index contributed by atoms with van der Waals surface area (Å²) in [6.07, 6.45) is 2.03. The molecular weight excluding hydrogens is 230 g/mol. The number of thioether (sulfide) groups is 1. The highest BCUT2D eigenvalue weighted by Crippen LogP contribution is 2.32. The molecule has 0 amide bonds. The van der Waals surface area contributed by atoms with Crippen LogP contribution in [0.2, 0.25) is 0 Å². The van der Waals surface area contributed by atoms with E-state index in [9.17, 15) is 0 Å². The van der Waals surface area contributed by atoms with E-state index in [1.807, 2.05) is 55.6 Å². The van der Waals surface area contributed by atoms with Gasteiger partial charge in [0, 0.05) is 16.6 Å². The molecule has 0 aliphatic carbocycles. The normalized spacial score (nSPS) is 10.2. The predicted octanol–water partition coefficient (Wildman–Crippen LogP) is 4.09. The molecule has 3 heteroatoms. The van der Waals surface area contributed by atoms with E-state index in [0.29, 0.717) is 0 Å². The van der Waals surface area contributed by atoms with Crippen molar-refractivity contribution in [2.45, 2.75) is 11.8 Å². The molecule has 2 rings (SSSR count). The standard InChI is InChI=1S/C14H15NOS/c1-10-7-11(15)9-12(8-10)16-13-5-3-4-6-14(13)17-2/h3-9H,15H2,1-2H3. The van der Waals surface area contributed by atoms with Crippen LogP contribution in [-0.4, -0.2) is 6.26 Å². The van der Waals surface area contributed by atoms with Crippen molar-refractivity contribution in [2.75, 3.05) is 12.0 Å². The van der Waals surface area contributed by atoms with Gasteiger partial charge in [0.2, 0.25) is 0 Å². The van der Waals surface area contributed by atoms with E-state index in [1.165, 1.54) is 0 Å². The Morgan fingerprint density at radius 3 is 2.59 bits per heavy atom. The van der Waals surface area contributed by atoms with E-state index in [-0.39, 0.29) is 0 Å². The Morgan fingerprint density at radius 1 is 1.12 bits per heavy atom. The fourth-order valence-corrected chi connectivity index (χ4v) is 2.19. The van der Waals surface area contributed by atoms with Gasteiger partial charge in [0.15, 0.2) is 0 Å². The van der Waals surface area contributed by atoms with E-state index in [4.69, 9.17) is 10.5 Å². The average Bonchev–Trinajstić information content (AvgIpc) is 2.28. The molecule has 2 aromatic rings. The third kappa shape index (κ3) is 2.94. The third-order valence-corrected chi connectivity index (χ3v) is 3.15. The average molecular weight is 245 g/mol. The lowest BCUT2D eigenvalue weighted by molar-refractivity contribution is 0.471. The Labute approximate surface area is 106 Å². The molecule has 0 unspecified atom stereocenters. The second-order valence-electron chi connectivity index (χ2n) is 3.83.